The van der Waals surface area contributed by atoms with Crippen molar-refractivity contribution in [1.82, 2.24) is 5.32 Å². The van der Waals surface area contributed by atoms with Crippen LogP contribution in [0.25, 0.3) is 0 Å². The maximum atomic E-state index is 5.43. The van der Waals surface area contributed by atoms with Crippen LogP contribution in [0.15, 0.2) is 18.2 Å². The van der Waals surface area contributed by atoms with Crippen LogP contribution in [-0.4, -0.2) is 20.2 Å². The van der Waals surface area contributed by atoms with E-state index in [0.717, 1.165) is 12.2 Å². The monoisotopic (exact) mass is 221 g/mol. The summed E-state index contributed by atoms with van der Waals surface area (Å²) < 4.78 is 5.43. The van der Waals surface area contributed by atoms with Crippen molar-refractivity contribution < 1.29 is 4.74 Å². The average molecular weight is 221 g/mol. The predicted molar refractivity (Wildman–Crippen MR) is 69.3 cm³/mol. The highest BCUT2D eigenvalue weighted by molar-refractivity contribution is 5.39. The molecule has 90 valence electrons. The van der Waals surface area contributed by atoms with E-state index in [1.807, 2.05) is 7.05 Å². The summed E-state index contributed by atoms with van der Waals surface area (Å²) in [7, 11) is 3.76. The molecule has 0 amide bonds. The minimum atomic E-state index is 0.463. The van der Waals surface area contributed by atoms with Crippen molar-refractivity contribution in [3.63, 3.8) is 0 Å². The number of likely N-dealkylation sites (N-methyl/N-ethyl adjacent to an activating group) is 1. The van der Waals surface area contributed by atoms with E-state index in [4.69, 9.17) is 4.74 Å². The lowest BCUT2D eigenvalue weighted by atomic mass is 9.90. The fraction of sp³-hybridized carbons (Fsp3) is 0.571. The number of benzene rings is 1. The van der Waals surface area contributed by atoms with Crippen LogP contribution in [0.4, 0.5) is 0 Å². The molecule has 2 atom stereocenters. The summed E-state index contributed by atoms with van der Waals surface area (Å²) in [5.41, 5.74) is 2.58. The molecule has 0 aromatic heterocycles. The van der Waals surface area contributed by atoms with Crippen molar-refractivity contribution >= 4 is 0 Å². The number of nitrogens with one attached hydrogen (secondary N) is 1. The molecule has 1 aromatic rings. The summed E-state index contributed by atoms with van der Waals surface area (Å²) in [4.78, 5) is 0. The Balaban J connectivity index is 3.04. The van der Waals surface area contributed by atoms with Gasteiger partial charge in [0, 0.05) is 12.0 Å². The number of hydrogen-bond donors (Lipinski definition) is 1. The van der Waals surface area contributed by atoms with Crippen LogP contribution in [0.1, 0.15) is 37.3 Å². The molecular weight excluding hydrogens is 198 g/mol. The second kappa shape index (κ2) is 5.90. The van der Waals surface area contributed by atoms with E-state index in [2.05, 4.69) is 44.3 Å². The molecule has 0 aliphatic heterocycles. The molecule has 0 radical (unpaired) electrons. The minimum absolute atomic E-state index is 0.463. The van der Waals surface area contributed by atoms with Crippen molar-refractivity contribution in [2.75, 3.05) is 14.2 Å². The Hall–Kier alpha value is -1.02. The standard InChI is InChI=1S/C14H23NO/c1-6-13(15-4)11(3)12-9-10(2)7-8-14(12)16-5/h7-9,11,13,15H,6H2,1-5H3. The van der Waals surface area contributed by atoms with Crippen molar-refractivity contribution in [3.05, 3.63) is 29.3 Å². The van der Waals surface area contributed by atoms with Gasteiger partial charge in [0.25, 0.3) is 0 Å². The summed E-state index contributed by atoms with van der Waals surface area (Å²) in [5.74, 6) is 1.46. The topological polar surface area (TPSA) is 21.3 Å². The largest absolute Gasteiger partial charge is 0.496 e. The van der Waals surface area contributed by atoms with Gasteiger partial charge in [-0.05, 0) is 32.0 Å². The quantitative estimate of drug-likeness (QED) is 0.825. The maximum absolute atomic E-state index is 5.43. The zero-order valence-electron chi connectivity index (χ0n) is 11.0. The van der Waals surface area contributed by atoms with Gasteiger partial charge in [0.05, 0.1) is 7.11 Å². The van der Waals surface area contributed by atoms with Gasteiger partial charge < -0.3 is 10.1 Å². The van der Waals surface area contributed by atoms with Gasteiger partial charge in [-0.3, -0.25) is 0 Å². The van der Waals surface area contributed by atoms with Crippen LogP contribution in [0, 0.1) is 6.92 Å². The first kappa shape index (κ1) is 13.0. The lowest BCUT2D eigenvalue weighted by Crippen LogP contribution is -2.30. The van der Waals surface area contributed by atoms with Gasteiger partial charge in [0.2, 0.25) is 0 Å². The number of methoxy groups -OCH3 is 1. The van der Waals surface area contributed by atoms with E-state index in [-0.39, 0.29) is 0 Å². The lowest BCUT2D eigenvalue weighted by Gasteiger charge is -2.24. The van der Waals surface area contributed by atoms with Gasteiger partial charge in [-0.1, -0.05) is 31.5 Å². The zero-order valence-corrected chi connectivity index (χ0v) is 11.0. The summed E-state index contributed by atoms with van der Waals surface area (Å²) in [5, 5.41) is 3.37. The van der Waals surface area contributed by atoms with E-state index >= 15 is 0 Å². The first-order valence-corrected chi connectivity index (χ1v) is 5.95. The highest BCUT2D eigenvalue weighted by Gasteiger charge is 2.18. The molecule has 0 bridgehead atoms. The fourth-order valence-electron chi connectivity index (χ4n) is 2.23. The van der Waals surface area contributed by atoms with Gasteiger partial charge in [-0.2, -0.15) is 0 Å². The summed E-state index contributed by atoms with van der Waals surface area (Å²) in [6.45, 7) is 6.58. The molecule has 2 unspecified atom stereocenters. The summed E-state index contributed by atoms with van der Waals surface area (Å²) >= 11 is 0. The fourth-order valence-corrected chi connectivity index (χ4v) is 2.23. The molecule has 16 heavy (non-hydrogen) atoms. The van der Waals surface area contributed by atoms with Gasteiger partial charge in [0.15, 0.2) is 0 Å². The molecule has 0 heterocycles. The molecule has 0 fully saturated rings. The Morgan fingerprint density at radius 2 is 2.06 bits per heavy atom. The Bertz CT molecular complexity index is 332. The van der Waals surface area contributed by atoms with Crippen LogP contribution >= 0.6 is 0 Å². The minimum Gasteiger partial charge on any atom is -0.496 e. The van der Waals surface area contributed by atoms with E-state index in [1.165, 1.54) is 11.1 Å². The molecule has 1 aromatic carbocycles. The second-order valence-electron chi connectivity index (χ2n) is 4.34. The zero-order chi connectivity index (χ0) is 12.1. The molecule has 0 aliphatic rings. The summed E-state index contributed by atoms with van der Waals surface area (Å²) in [6, 6.07) is 6.87. The molecular formula is C14H23NO. The van der Waals surface area contributed by atoms with Gasteiger partial charge >= 0.3 is 0 Å². The molecule has 0 spiro atoms. The van der Waals surface area contributed by atoms with Gasteiger partial charge in [0.1, 0.15) is 5.75 Å². The van der Waals surface area contributed by atoms with E-state index in [9.17, 15) is 0 Å². The molecule has 0 saturated carbocycles. The number of aryl methyl sites for hydroxylation is 1. The van der Waals surface area contributed by atoms with Crippen LogP contribution in [0.3, 0.4) is 0 Å². The van der Waals surface area contributed by atoms with E-state index < -0.39 is 0 Å². The third kappa shape index (κ3) is 2.76. The van der Waals surface area contributed by atoms with Crippen molar-refractivity contribution in [3.8, 4) is 5.75 Å². The van der Waals surface area contributed by atoms with Crippen molar-refractivity contribution in [2.24, 2.45) is 0 Å². The number of hydrogen-bond acceptors (Lipinski definition) is 2. The second-order valence-corrected chi connectivity index (χ2v) is 4.34. The normalized spacial score (nSPS) is 14.6. The maximum Gasteiger partial charge on any atom is 0.122 e. The smallest absolute Gasteiger partial charge is 0.122 e. The Morgan fingerprint density at radius 1 is 1.38 bits per heavy atom. The highest BCUT2D eigenvalue weighted by Crippen LogP contribution is 2.30. The molecule has 2 nitrogen and oxygen atoms in total. The third-order valence-electron chi connectivity index (χ3n) is 3.29. The first-order chi connectivity index (χ1) is 7.63. The number of rotatable bonds is 5. The SMILES string of the molecule is CCC(NC)C(C)c1cc(C)ccc1OC. The summed E-state index contributed by atoms with van der Waals surface area (Å²) in [6.07, 6.45) is 1.12. The highest BCUT2D eigenvalue weighted by atomic mass is 16.5. The Morgan fingerprint density at radius 3 is 2.56 bits per heavy atom. The van der Waals surface area contributed by atoms with Crippen molar-refractivity contribution in [2.45, 2.75) is 39.2 Å². The van der Waals surface area contributed by atoms with Crippen LogP contribution in [0.5, 0.6) is 5.75 Å². The molecule has 1 rings (SSSR count). The van der Waals surface area contributed by atoms with Crippen LogP contribution in [-0.2, 0) is 0 Å². The number of ether oxygens (including phenoxy) is 1. The predicted octanol–water partition coefficient (Wildman–Crippen LogP) is 3.11. The van der Waals surface area contributed by atoms with Crippen molar-refractivity contribution in [1.29, 1.82) is 0 Å². The molecule has 2 heteroatoms. The van der Waals surface area contributed by atoms with Crippen LogP contribution < -0.4 is 10.1 Å². The third-order valence-corrected chi connectivity index (χ3v) is 3.29. The van der Waals surface area contributed by atoms with E-state index in [0.29, 0.717) is 12.0 Å². The van der Waals surface area contributed by atoms with Crippen LogP contribution in [0.2, 0.25) is 0 Å². The van der Waals surface area contributed by atoms with E-state index in [1.54, 1.807) is 7.11 Å². The Labute approximate surface area is 99.0 Å². The lowest BCUT2D eigenvalue weighted by molar-refractivity contribution is 0.394. The first-order valence-electron chi connectivity index (χ1n) is 5.95. The average Bonchev–Trinajstić information content (AvgIpc) is 2.30. The molecule has 0 aliphatic carbocycles. The molecule has 0 saturated heterocycles. The van der Waals surface area contributed by atoms with Gasteiger partial charge in [-0.15, -0.1) is 0 Å². The molecule has 1 N–H and O–H groups in total. The Kier molecular flexibility index (Phi) is 4.81. The van der Waals surface area contributed by atoms with Gasteiger partial charge in [-0.25, -0.2) is 0 Å².